The van der Waals surface area contributed by atoms with Crippen molar-refractivity contribution < 1.29 is 4.79 Å². The number of nitrogens with zero attached hydrogens (tertiary/aromatic N) is 3. The van der Waals surface area contributed by atoms with Crippen LogP contribution in [-0.2, 0) is 37.0 Å². The van der Waals surface area contributed by atoms with Crippen molar-refractivity contribution in [2.75, 3.05) is 0 Å². The fourth-order valence-corrected chi connectivity index (χ4v) is 4.09. The van der Waals surface area contributed by atoms with Gasteiger partial charge >= 0.3 is 0 Å². The van der Waals surface area contributed by atoms with Gasteiger partial charge in [0.1, 0.15) is 11.6 Å². The Hall–Kier alpha value is -2.17. The summed E-state index contributed by atoms with van der Waals surface area (Å²) in [5.41, 5.74) is 4.01. The zero-order valence-corrected chi connectivity index (χ0v) is 15.1. The van der Waals surface area contributed by atoms with Gasteiger partial charge in [-0.05, 0) is 42.4 Å². The smallest absolute Gasteiger partial charge is 0.224 e. The molecule has 0 fully saturated rings. The SMILES string of the molecule is CC(C)c1nnc2n1C[C@@H](NC(=O)Cc1ccc3c(c1)CCC3)CC2. The molecule has 5 heteroatoms. The number of aryl methyl sites for hydroxylation is 3. The number of carbonyl (C=O) groups excluding carboxylic acids is 1. The lowest BCUT2D eigenvalue weighted by Crippen LogP contribution is -2.42. The van der Waals surface area contributed by atoms with E-state index in [1.165, 1.54) is 24.0 Å². The van der Waals surface area contributed by atoms with Gasteiger partial charge in [0.25, 0.3) is 0 Å². The minimum Gasteiger partial charge on any atom is -0.351 e. The van der Waals surface area contributed by atoms with Gasteiger partial charge in [0.2, 0.25) is 5.91 Å². The molecule has 1 aliphatic heterocycles. The summed E-state index contributed by atoms with van der Waals surface area (Å²) in [6, 6.07) is 6.70. The molecule has 4 rings (SSSR count). The third-order valence-electron chi connectivity index (χ3n) is 5.38. The first-order valence-corrected chi connectivity index (χ1v) is 9.42. The number of hydrogen-bond donors (Lipinski definition) is 1. The summed E-state index contributed by atoms with van der Waals surface area (Å²) < 4.78 is 2.19. The summed E-state index contributed by atoms with van der Waals surface area (Å²) in [6.45, 7) is 5.05. The summed E-state index contributed by atoms with van der Waals surface area (Å²) in [4.78, 5) is 12.5. The van der Waals surface area contributed by atoms with Crippen LogP contribution in [0.1, 0.15) is 60.9 Å². The Labute approximate surface area is 148 Å². The first-order valence-electron chi connectivity index (χ1n) is 9.42. The Balaban J connectivity index is 1.39. The van der Waals surface area contributed by atoms with Crippen LogP contribution in [0.5, 0.6) is 0 Å². The lowest BCUT2D eigenvalue weighted by Gasteiger charge is -2.26. The van der Waals surface area contributed by atoms with E-state index in [9.17, 15) is 4.79 Å². The maximum Gasteiger partial charge on any atom is 0.224 e. The minimum atomic E-state index is 0.116. The number of fused-ring (bicyclic) bond motifs is 2. The molecule has 1 aromatic heterocycles. The molecule has 2 heterocycles. The van der Waals surface area contributed by atoms with Gasteiger partial charge < -0.3 is 9.88 Å². The van der Waals surface area contributed by atoms with E-state index < -0.39 is 0 Å². The second kappa shape index (κ2) is 6.62. The third kappa shape index (κ3) is 3.32. The van der Waals surface area contributed by atoms with E-state index in [4.69, 9.17) is 0 Å². The molecular weight excluding hydrogens is 312 g/mol. The second-order valence-electron chi connectivity index (χ2n) is 7.68. The third-order valence-corrected chi connectivity index (χ3v) is 5.38. The number of rotatable bonds is 4. The van der Waals surface area contributed by atoms with Crippen LogP contribution in [0.15, 0.2) is 18.2 Å². The highest BCUT2D eigenvalue weighted by atomic mass is 16.1. The van der Waals surface area contributed by atoms with Crippen molar-refractivity contribution in [3.8, 4) is 0 Å². The van der Waals surface area contributed by atoms with Crippen LogP contribution in [0.25, 0.3) is 0 Å². The van der Waals surface area contributed by atoms with Crippen LogP contribution in [0, 0.1) is 0 Å². The molecule has 0 saturated carbocycles. The standard InChI is InChI=1S/C20H26N4O/c1-13(2)20-23-22-18-9-8-17(12-24(18)20)21-19(25)11-14-6-7-15-4-3-5-16(15)10-14/h6-7,10,13,17H,3-5,8-9,11-12H2,1-2H3,(H,21,25)/t17-/m0/s1. The molecule has 0 radical (unpaired) electrons. The molecule has 1 amide bonds. The fourth-order valence-electron chi connectivity index (χ4n) is 4.09. The predicted octanol–water partition coefficient (Wildman–Crippen LogP) is 2.56. The summed E-state index contributed by atoms with van der Waals surface area (Å²) >= 11 is 0. The monoisotopic (exact) mass is 338 g/mol. The average Bonchev–Trinajstić information content (AvgIpc) is 3.20. The van der Waals surface area contributed by atoms with E-state index in [-0.39, 0.29) is 11.9 Å². The van der Waals surface area contributed by atoms with Gasteiger partial charge in [-0.25, -0.2) is 0 Å². The second-order valence-corrected chi connectivity index (χ2v) is 7.68. The lowest BCUT2D eigenvalue weighted by atomic mass is 10.0. The molecule has 0 spiro atoms. The Morgan fingerprint density at radius 3 is 2.92 bits per heavy atom. The van der Waals surface area contributed by atoms with Gasteiger partial charge in [-0.2, -0.15) is 0 Å². The first-order chi connectivity index (χ1) is 12.1. The number of benzene rings is 1. The van der Waals surface area contributed by atoms with Crippen LogP contribution in [0.4, 0.5) is 0 Å². The van der Waals surface area contributed by atoms with Crippen molar-refractivity contribution in [2.45, 2.75) is 70.9 Å². The minimum absolute atomic E-state index is 0.116. The molecule has 0 saturated heterocycles. The van der Waals surface area contributed by atoms with Crippen molar-refractivity contribution in [2.24, 2.45) is 0 Å². The molecule has 1 aliphatic carbocycles. The van der Waals surface area contributed by atoms with Gasteiger partial charge in [-0.1, -0.05) is 32.0 Å². The van der Waals surface area contributed by atoms with Gasteiger partial charge in [-0.3, -0.25) is 4.79 Å². The zero-order chi connectivity index (χ0) is 17.4. The van der Waals surface area contributed by atoms with Crippen LogP contribution in [0.2, 0.25) is 0 Å². The van der Waals surface area contributed by atoms with Gasteiger partial charge in [-0.15, -0.1) is 10.2 Å². The molecule has 5 nitrogen and oxygen atoms in total. The average molecular weight is 338 g/mol. The molecule has 0 bridgehead atoms. The molecule has 25 heavy (non-hydrogen) atoms. The number of amides is 1. The highest BCUT2D eigenvalue weighted by Gasteiger charge is 2.25. The predicted molar refractivity (Wildman–Crippen MR) is 96.5 cm³/mol. The molecule has 1 atom stereocenters. The van der Waals surface area contributed by atoms with E-state index in [0.29, 0.717) is 12.3 Å². The molecule has 132 valence electrons. The Morgan fingerprint density at radius 1 is 1.24 bits per heavy atom. The van der Waals surface area contributed by atoms with E-state index in [1.54, 1.807) is 0 Å². The first kappa shape index (κ1) is 16.3. The van der Waals surface area contributed by atoms with E-state index in [2.05, 4.69) is 52.1 Å². The number of aromatic nitrogens is 3. The molecule has 1 N–H and O–H groups in total. The van der Waals surface area contributed by atoms with E-state index in [0.717, 1.165) is 43.0 Å². The number of hydrogen-bond acceptors (Lipinski definition) is 3. The van der Waals surface area contributed by atoms with E-state index in [1.807, 2.05) is 0 Å². The lowest BCUT2D eigenvalue weighted by molar-refractivity contribution is -0.121. The Kier molecular flexibility index (Phi) is 4.32. The zero-order valence-electron chi connectivity index (χ0n) is 15.1. The van der Waals surface area contributed by atoms with Crippen molar-refractivity contribution >= 4 is 5.91 Å². The Bertz CT molecular complexity index is 793. The van der Waals surface area contributed by atoms with Gasteiger partial charge in [0.05, 0.1) is 6.42 Å². The summed E-state index contributed by atoms with van der Waals surface area (Å²) in [5.74, 6) is 2.54. The highest BCUT2D eigenvalue weighted by molar-refractivity contribution is 5.79. The largest absolute Gasteiger partial charge is 0.351 e. The van der Waals surface area contributed by atoms with Crippen molar-refractivity contribution in [1.29, 1.82) is 0 Å². The molecule has 0 unspecified atom stereocenters. The van der Waals surface area contributed by atoms with Crippen molar-refractivity contribution in [1.82, 2.24) is 20.1 Å². The van der Waals surface area contributed by atoms with Gasteiger partial charge in [0, 0.05) is 24.9 Å². The highest BCUT2D eigenvalue weighted by Crippen LogP contribution is 2.23. The summed E-state index contributed by atoms with van der Waals surface area (Å²) in [5, 5.41) is 11.8. The molecule has 1 aromatic carbocycles. The van der Waals surface area contributed by atoms with Crippen molar-refractivity contribution in [3.63, 3.8) is 0 Å². The quantitative estimate of drug-likeness (QED) is 0.932. The normalized spacial score (nSPS) is 18.9. The molecule has 2 aromatic rings. The number of nitrogens with one attached hydrogen (secondary N) is 1. The maximum absolute atomic E-state index is 12.5. The summed E-state index contributed by atoms with van der Waals surface area (Å²) in [7, 11) is 0. The van der Waals surface area contributed by atoms with Gasteiger partial charge in [0.15, 0.2) is 0 Å². The van der Waals surface area contributed by atoms with Crippen LogP contribution < -0.4 is 5.32 Å². The van der Waals surface area contributed by atoms with Crippen LogP contribution >= 0.6 is 0 Å². The topological polar surface area (TPSA) is 59.8 Å². The van der Waals surface area contributed by atoms with Crippen LogP contribution in [0.3, 0.4) is 0 Å². The Morgan fingerprint density at radius 2 is 2.08 bits per heavy atom. The van der Waals surface area contributed by atoms with Crippen LogP contribution in [-0.4, -0.2) is 26.7 Å². The van der Waals surface area contributed by atoms with Crippen molar-refractivity contribution in [3.05, 3.63) is 46.5 Å². The molecule has 2 aliphatic rings. The van der Waals surface area contributed by atoms with E-state index >= 15 is 0 Å². The fraction of sp³-hybridized carbons (Fsp3) is 0.550. The maximum atomic E-state index is 12.5. The summed E-state index contributed by atoms with van der Waals surface area (Å²) in [6.07, 6.45) is 5.86. The number of carbonyl (C=O) groups is 1. The molecular formula is C20H26N4O.